The monoisotopic (exact) mass is 264 g/mol. The lowest BCUT2D eigenvalue weighted by Gasteiger charge is -2.24. The quantitative estimate of drug-likeness (QED) is 0.372. The highest BCUT2D eigenvalue weighted by Gasteiger charge is 2.58. The van der Waals surface area contributed by atoms with Crippen LogP contribution < -0.4 is 0 Å². The molecule has 1 fully saturated rings. The lowest BCUT2D eigenvalue weighted by Crippen LogP contribution is -2.49. The summed E-state index contributed by atoms with van der Waals surface area (Å²) in [5.74, 6) is -3.27. The first kappa shape index (κ1) is 15.5. The molecule has 0 saturated carbocycles. The Morgan fingerprint density at radius 2 is 2.06 bits per heavy atom. The summed E-state index contributed by atoms with van der Waals surface area (Å²) in [4.78, 5) is 11.7. The summed E-state index contributed by atoms with van der Waals surface area (Å²) in [5.41, 5.74) is 0. The average molecular weight is 264 g/mol. The fourth-order valence-corrected chi connectivity index (χ4v) is 1.92. The van der Waals surface area contributed by atoms with Crippen molar-refractivity contribution < 1.29 is 35.1 Å². The molecule has 0 unspecified atom stereocenters. The highest BCUT2D eigenvalue weighted by molar-refractivity contribution is 5.86. The molecule has 0 aromatic heterocycles. The van der Waals surface area contributed by atoms with Gasteiger partial charge in [0.05, 0.1) is 6.61 Å². The van der Waals surface area contributed by atoms with Crippen LogP contribution in [-0.2, 0) is 9.53 Å². The molecule has 1 aliphatic heterocycles. The molecule has 5 atom stereocenters. The molecule has 1 saturated heterocycles. The third-order valence-corrected chi connectivity index (χ3v) is 3.10. The molecule has 1 aliphatic rings. The molecule has 0 amide bonds. The highest BCUT2D eigenvalue weighted by atomic mass is 16.7. The fraction of sp³-hybridized carbons (Fsp3) is 0.909. The van der Waals surface area contributed by atoms with Crippen LogP contribution in [0.25, 0.3) is 0 Å². The van der Waals surface area contributed by atoms with E-state index in [1.807, 2.05) is 6.92 Å². The molecule has 106 valence electrons. The van der Waals surface area contributed by atoms with Crippen molar-refractivity contribution in [2.24, 2.45) is 0 Å². The summed E-state index contributed by atoms with van der Waals surface area (Å²) in [5, 5.41) is 47.4. The molecule has 0 aromatic carbocycles. The number of ketones is 1. The highest BCUT2D eigenvalue weighted by Crippen LogP contribution is 2.32. The van der Waals surface area contributed by atoms with Crippen LogP contribution in [0.1, 0.15) is 26.2 Å². The van der Waals surface area contributed by atoms with E-state index in [2.05, 4.69) is 0 Å². The van der Waals surface area contributed by atoms with Crippen molar-refractivity contribution in [1.82, 2.24) is 0 Å². The third kappa shape index (κ3) is 2.71. The molecule has 18 heavy (non-hydrogen) atoms. The molecule has 0 radical (unpaired) electrons. The molecule has 0 aliphatic carbocycles. The van der Waals surface area contributed by atoms with Gasteiger partial charge in [0, 0.05) is 6.42 Å². The van der Waals surface area contributed by atoms with E-state index in [9.17, 15) is 25.2 Å². The number of rotatable bonds is 6. The van der Waals surface area contributed by atoms with E-state index in [0.717, 1.165) is 6.42 Å². The zero-order chi connectivity index (χ0) is 13.9. The van der Waals surface area contributed by atoms with E-state index in [0.29, 0.717) is 6.42 Å². The van der Waals surface area contributed by atoms with E-state index in [1.165, 1.54) is 0 Å². The molecule has 1 heterocycles. The SMILES string of the molecule is CCCCC(=O)[C@@]1(O)O[C@@H]([C@@H](O)CO)[C@H](O)[C@H]1O. The summed E-state index contributed by atoms with van der Waals surface area (Å²) < 4.78 is 4.88. The van der Waals surface area contributed by atoms with Gasteiger partial charge in [0.15, 0.2) is 5.78 Å². The number of Topliss-reactive ketones (excluding diaryl/α,β-unsaturated/α-hetero) is 1. The van der Waals surface area contributed by atoms with Crippen LogP contribution in [0.2, 0.25) is 0 Å². The zero-order valence-corrected chi connectivity index (χ0v) is 10.2. The molecule has 0 aromatic rings. The Morgan fingerprint density at radius 3 is 2.56 bits per heavy atom. The van der Waals surface area contributed by atoms with E-state index in [4.69, 9.17) is 9.84 Å². The maximum atomic E-state index is 11.7. The number of unbranched alkanes of at least 4 members (excludes halogenated alkanes) is 1. The van der Waals surface area contributed by atoms with Gasteiger partial charge in [-0.15, -0.1) is 0 Å². The summed E-state index contributed by atoms with van der Waals surface area (Å²) in [6.07, 6.45) is -5.12. The lowest BCUT2D eigenvalue weighted by molar-refractivity contribution is -0.229. The van der Waals surface area contributed by atoms with Crippen LogP contribution in [0.15, 0.2) is 0 Å². The molecule has 0 bridgehead atoms. The van der Waals surface area contributed by atoms with Gasteiger partial charge in [0.1, 0.15) is 24.4 Å². The minimum Gasteiger partial charge on any atom is -0.394 e. The van der Waals surface area contributed by atoms with E-state index < -0.39 is 42.6 Å². The smallest absolute Gasteiger partial charge is 0.256 e. The number of hydrogen-bond acceptors (Lipinski definition) is 7. The molecule has 1 rings (SSSR count). The second-order valence-corrected chi connectivity index (χ2v) is 4.49. The van der Waals surface area contributed by atoms with Crippen molar-refractivity contribution in [1.29, 1.82) is 0 Å². The summed E-state index contributed by atoms with van der Waals surface area (Å²) in [6, 6.07) is 0. The number of ether oxygens (including phenoxy) is 1. The van der Waals surface area contributed by atoms with Crippen molar-refractivity contribution in [2.75, 3.05) is 6.61 Å². The topological polar surface area (TPSA) is 127 Å². The van der Waals surface area contributed by atoms with Gasteiger partial charge in [-0.05, 0) is 6.42 Å². The van der Waals surface area contributed by atoms with Gasteiger partial charge in [0.2, 0.25) is 0 Å². The van der Waals surface area contributed by atoms with Crippen LogP contribution in [0.3, 0.4) is 0 Å². The van der Waals surface area contributed by atoms with Crippen LogP contribution in [-0.4, -0.2) is 68.1 Å². The van der Waals surface area contributed by atoms with Crippen molar-refractivity contribution in [3.05, 3.63) is 0 Å². The Labute approximate surface area is 105 Å². The predicted molar refractivity (Wildman–Crippen MR) is 59.5 cm³/mol. The number of aliphatic hydroxyl groups excluding tert-OH is 4. The van der Waals surface area contributed by atoms with Crippen molar-refractivity contribution >= 4 is 5.78 Å². The Bertz CT molecular complexity index is 295. The predicted octanol–water partition coefficient (Wildman–Crippen LogP) is -2.09. The molecule has 0 spiro atoms. The lowest BCUT2D eigenvalue weighted by atomic mass is 9.97. The largest absolute Gasteiger partial charge is 0.394 e. The second-order valence-electron chi connectivity index (χ2n) is 4.49. The van der Waals surface area contributed by atoms with E-state index in [1.54, 1.807) is 0 Å². The third-order valence-electron chi connectivity index (χ3n) is 3.10. The minimum atomic E-state index is -2.52. The Balaban J connectivity index is 2.80. The van der Waals surface area contributed by atoms with Crippen molar-refractivity contribution in [3.8, 4) is 0 Å². The summed E-state index contributed by atoms with van der Waals surface area (Å²) in [6.45, 7) is 1.14. The maximum Gasteiger partial charge on any atom is 0.256 e. The van der Waals surface area contributed by atoms with Crippen LogP contribution >= 0.6 is 0 Å². The first-order chi connectivity index (χ1) is 8.38. The number of carbonyl (C=O) groups excluding carboxylic acids is 1. The Morgan fingerprint density at radius 1 is 1.44 bits per heavy atom. The molecular weight excluding hydrogens is 244 g/mol. The summed E-state index contributed by atoms with van der Waals surface area (Å²) >= 11 is 0. The van der Waals surface area contributed by atoms with E-state index in [-0.39, 0.29) is 6.42 Å². The van der Waals surface area contributed by atoms with Gasteiger partial charge in [-0.1, -0.05) is 13.3 Å². The fourth-order valence-electron chi connectivity index (χ4n) is 1.92. The molecule has 7 heteroatoms. The van der Waals surface area contributed by atoms with Crippen molar-refractivity contribution in [3.63, 3.8) is 0 Å². The van der Waals surface area contributed by atoms with Gasteiger partial charge in [-0.25, -0.2) is 0 Å². The van der Waals surface area contributed by atoms with Gasteiger partial charge in [-0.3, -0.25) is 4.79 Å². The van der Waals surface area contributed by atoms with Crippen LogP contribution in [0, 0.1) is 0 Å². The van der Waals surface area contributed by atoms with Crippen LogP contribution in [0.4, 0.5) is 0 Å². The number of aliphatic hydroxyl groups is 5. The summed E-state index contributed by atoms with van der Waals surface area (Å²) in [7, 11) is 0. The number of hydrogen-bond donors (Lipinski definition) is 5. The average Bonchev–Trinajstić information content (AvgIpc) is 2.60. The normalized spacial score (nSPS) is 37.8. The number of carbonyl (C=O) groups is 1. The van der Waals surface area contributed by atoms with Gasteiger partial charge in [0.25, 0.3) is 5.79 Å². The Hall–Kier alpha value is -0.570. The molecule has 7 nitrogen and oxygen atoms in total. The minimum absolute atomic E-state index is 0.00127. The van der Waals surface area contributed by atoms with Crippen LogP contribution in [0.5, 0.6) is 0 Å². The first-order valence-electron chi connectivity index (χ1n) is 5.97. The zero-order valence-electron chi connectivity index (χ0n) is 10.2. The molecular formula is C11H20O7. The van der Waals surface area contributed by atoms with E-state index >= 15 is 0 Å². The standard InChI is InChI=1S/C11H20O7/c1-2-3-4-7(14)11(17)10(16)8(15)9(18-11)6(13)5-12/h6,8-10,12-13,15-17H,2-5H2,1H3/t6-,8-,9-,10+,11+/m0/s1. The van der Waals surface area contributed by atoms with Gasteiger partial charge >= 0.3 is 0 Å². The van der Waals surface area contributed by atoms with Gasteiger partial charge in [-0.2, -0.15) is 0 Å². The maximum absolute atomic E-state index is 11.7. The molecule has 5 N–H and O–H groups in total. The van der Waals surface area contributed by atoms with Gasteiger partial charge < -0.3 is 30.3 Å². The Kier molecular flexibility index (Phi) is 5.20. The van der Waals surface area contributed by atoms with Crippen molar-refractivity contribution in [2.45, 2.75) is 56.4 Å². The first-order valence-corrected chi connectivity index (χ1v) is 5.97. The second kappa shape index (κ2) is 6.05.